The van der Waals surface area contributed by atoms with Gasteiger partial charge in [-0.2, -0.15) is 0 Å². The monoisotopic (exact) mass is 250 g/mol. The minimum atomic E-state index is 0.171. The lowest BCUT2D eigenvalue weighted by Crippen LogP contribution is -2.40. The van der Waals surface area contributed by atoms with Gasteiger partial charge in [0.05, 0.1) is 11.9 Å². The van der Waals surface area contributed by atoms with Crippen molar-refractivity contribution >= 4 is 17.4 Å². The van der Waals surface area contributed by atoms with Crippen molar-refractivity contribution in [2.75, 3.05) is 13.2 Å². The summed E-state index contributed by atoms with van der Waals surface area (Å²) in [6.07, 6.45) is 2.88. The summed E-state index contributed by atoms with van der Waals surface area (Å²) in [6.45, 7) is 1.45. The molecule has 2 atom stereocenters. The summed E-state index contributed by atoms with van der Waals surface area (Å²) in [5.74, 6) is 0. The number of pyridine rings is 1. The van der Waals surface area contributed by atoms with E-state index in [-0.39, 0.29) is 11.3 Å². The number of nitrogens with two attached hydrogens (primary N) is 1. The molecule has 2 aromatic heterocycles. The Morgan fingerprint density at radius 2 is 2.35 bits per heavy atom. The van der Waals surface area contributed by atoms with Gasteiger partial charge in [-0.15, -0.1) is 10.2 Å². The Kier molecular flexibility index (Phi) is 3.00. The van der Waals surface area contributed by atoms with Gasteiger partial charge >= 0.3 is 0 Å². The molecule has 0 radical (unpaired) electrons. The van der Waals surface area contributed by atoms with E-state index in [1.165, 1.54) is 0 Å². The maximum absolute atomic E-state index is 6.08. The molecular weight excluding hydrogens is 236 g/mol. The van der Waals surface area contributed by atoms with E-state index < -0.39 is 0 Å². The van der Waals surface area contributed by atoms with Gasteiger partial charge in [0.2, 0.25) is 0 Å². The Balaban J connectivity index is 1.84. The van der Waals surface area contributed by atoms with Gasteiger partial charge in [0, 0.05) is 18.8 Å². The number of aromatic nitrogens is 3. The van der Waals surface area contributed by atoms with E-state index in [9.17, 15) is 0 Å². The second kappa shape index (κ2) is 4.64. The highest BCUT2D eigenvalue weighted by Gasteiger charge is 2.25. The van der Waals surface area contributed by atoms with E-state index in [4.69, 9.17) is 10.5 Å². The van der Waals surface area contributed by atoms with E-state index in [1.807, 2.05) is 28.8 Å². The Morgan fingerprint density at radius 3 is 3.24 bits per heavy atom. The lowest BCUT2D eigenvalue weighted by molar-refractivity contribution is 0.0915. The predicted octanol–water partition coefficient (Wildman–Crippen LogP) is 0.938. The molecule has 5 nitrogen and oxygen atoms in total. The number of hydrogen-bond donors (Lipinski definition) is 1. The van der Waals surface area contributed by atoms with Crippen LogP contribution in [0.5, 0.6) is 0 Å². The van der Waals surface area contributed by atoms with Gasteiger partial charge in [0.25, 0.3) is 0 Å². The van der Waals surface area contributed by atoms with Crippen LogP contribution >= 0.6 is 11.8 Å². The lowest BCUT2D eigenvalue weighted by atomic mass is 10.1. The van der Waals surface area contributed by atoms with E-state index in [2.05, 4.69) is 10.2 Å². The smallest absolute Gasteiger partial charge is 0.196 e. The summed E-state index contributed by atoms with van der Waals surface area (Å²) in [4.78, 5) is 0. The molecule has 1 fully saturated rings. The van der Waals surface area contributed by atoms with Gasteiger partial charge < -0.3 is 10.5 Å². The highest BCUT2D eigenvalue weighted by atomic mass is 32.2. The van der Waals surface area contributed by atoms with Crippen LogP contribution in [0.15, 0.2) is 29.6 Å². The standard InChI is InChI=1S/C11H14N4OS/c12-8-4-6-16-7-9(8)17-11-14-13-10-3-1-2-5-15(10)11/h1-3,5,8-9H,4,6-7,12H2. The maximum Gasteiger partial charge on any atom is 0.196 e. The SMILES string of the molecule is NC1CCOCC1Sc1nnc2ccccn12. The number of rotatable bonds is 2. The molecule has 0 amide bonds. The fourth-order valence-electron chi connectivity index (χ4n) is 1.89. The first-order chi connectivity index (χ1) is 8.34. The van der Waals surface area contributed by atoms with E-state index in [0.717, 1.165) is 23.8 Å². The molecule has 0 aliphatic carbocycles. The third kappa shape index (κ3) is 2.15. The van der Waals surface area contributed by atoms with Crippen molar-refractivity contribution in [1.82, 2.24) is 14.6 Å². The summed E-state index contributed by atoms with van der Waals surface area (Å²) in [7, 11) is 0. The number of thioether (sulfide) groups is 1. The van der Waals surface area contributed by atoms with Crippen LogP contribution in [0.2, 0.25) is 0 Å². The largest absolute Gasteiger partial charge is 0.380 e. The molecule has 3 rings (SSSR count). The van der Waals surface area contributed by atoms with E-state index in [0.29, 0.717) is 6.61 Å². The summed E-state index contributed by atoms with van der Waals surface area (Å²) in [5.41, 5.74) is 6.94. The Hall–Kier alpha value is -1.11. The first kappa shape index (κ1) is 11.0. The maximum atomic E-state index is 6.08. The summed E-state index contributed by atoms with van der Waals surface area (Å²) < 4.78 is 7.43. The zero-order chi connectivity index (χ0) is 11.7. The van der Waals surface area contributed by atoms with E-state index >= 15 is 0 Å². The molecule has 2 N–H and O–H groups in total. The van der Waals surface area contributed by atoms with Crippen LogP contribution in [-0.4, -0.2) is 39.1 Å². The highest BCUT2D eigenvalue weighted by Crippen LogP contribution is 2.27. The quantitative estimate of drug-likeness (QED) is 0.859. The topological polar surface area (TPSA) is 65.4 Å². The first-order valence-corrected chi connectivity index (χ1v) is 6.52. The van der Waals surface area contributed by atoms with Gasteiger partial charge in [-0.05, 0) is 18.6 Å². The number of hydrogen-bond acceptors (Lipinski definition) is 5. The Bertz CT molecular complexity index is 515. The molecule has 17 heavy (non-hydrogen) atoms. The van der Waals surface area contributed by atoms with Gasteiger partial charge in [-0.1, -0.05) is 17.8 Å². The van der Waals surface area contributed by atoms with Crippen molar-refractivity contribution in [3.05, 3.63) is 24.4 Å². The summed E-state index contributed by atoms with van der Waals surface area (Å²) in [5, 5.41) is 9.45. The van der Waals surface area contributed by atoms with Crippen molar-refractivity contribution in [3.63, 3.8) is 0 Å². The molecule has 0 aromatic carbocycles. The molecule has 1 saturated heterocycles. The first-order valence-electron chi connectivity index (χ1n) is 5.64. The third-order valence-electron chi connectivity index (χ3n) is 2.89. The van der Waals surface area contributed by atoms with Crippen LogP contribution in [0.1, 0.15) is 6.42 Å². The summed E-state index contributed by atoms with van der Waals surface area (Å²) >= 11 is 1.65. The number of fused-ring (bicyclic) bond motifs is 1. The van der Waals surface area contributed by atoms with Crippen LogP contribution in [0.3, 0.4) is 0 Å². The van der Waals surface area contributed by atoms with Crippen LogP contribution < -0.4 is 5.73 Å². The van der Waals surface area contributed by atoms with Crippen molar-refractivity contribution < 1.29 is 4.74 Å². The van der Waals surface area contributed by atoms with Crippen LogP contribution in [0.25, 0.3) is 5.65 Å². The molecule has 0 bridgehead atoms. The number of ether oxygens (including phenoxy) is 1. The highest BCUT2D eigenvalue weighted by molar-refractivity contribution is 7.99. The molecule has 6 heteroatoms. The molecular formula is C11H14N4OS. The van der Waals surface area contributed by atoms with Gasteiger partial charge in [-0.25, -0.2) is 0 Å². The van der Waals surface area contributed by atoms with Gasteiger partial charge in [-0.3, -0.25) is 4.40 Å². The molecule has 90 valence electrons. The molecule has 2 unspecified atom stereocenters. The Morgan fingerprint density at radius 1 is 1.41 bits per heavy atom. The van der Waals surface area contributed by atoms with Crippen molar-refractivity contribution in [1.29, 1.82) is 0 Å². The fourth-order valence-corrected chi connectivity index (χ4v) is 2.99. The molecule has 0 spiro atoms. The molecule has 0 saturated carbocycles. The van der Waals surface area contributed by atoms with E-state index in [1.54, 1.807) is 11.8 Å². The van der Waals surface area contributed by atoms with Crippen LogP contribution in [-0.2, 0) is 4.74 Å². The van der Waals surface area contributed by atoms with Crippen molar-refractivity contribution in [2.24, 2.45) is 5.73 Å². The fraction of sp³-hybridized carbons (Fsp3) is 0.455. The predicted molar refractivity (Wildman–Crippen MR) is 66.0 cm³/mol. The normalized spacial score (nSPS) is 25.2. The third-order valence-corrected chi connectivity index (χ3v) is 4.17. The average molecular weight is 250 g/mol. The van der Waals surface area contributed by atoms with Crippen molar-refractivity contribution in [3.8, 4) is 0 Å². The minimum Gasteiger partial charge on any atom is -0.380 e. The van der Waals surface area contributed by atoms with Gasteiger partial charge in [0.15, 0.2) is 10.8 Å². The zero-order valence-electron chi connectivity index (χ0n) is 9.32. The molecule has 1 aliphatic rings. The molecule has 1 aliphatic heterocycles. The molecule has 3 heterocycles. The second-order valence-corrected chi connectivity index (χ2v) is 5.30. The molecule has 2 aromatic rings. The van der Waals surface area contributed by atoms with Crippen LogP contribution in [0, 0.1) is 0 Å². The average Bonchev–Trinajstić information content (AvgIpc) is 2.76. The number of nitrogens with zero attached hydrogens (tertiary/aromatic N) is 3. The van der Waals surface area contributed by atoms with Crippen LogP contribution in [0.4, 0.5) is 0 Å². The zero-order valence-corrected chi connectivity index (χ0v) is 10.1. The lowest BCUT2D eigenvalue weighted by Gasteiger charge is -2.27. The Labute approximate surface area is 103 Å². The van der Waals surface area contributed by atoms with Gasteiger partial charge in [0.1, 0.15) is 0 Å². The second-order valence-electron chi connectivity index (χ2n) is 4.10. The van der Waals surface area contributed by atoms with Crippen molar-refractivity contribution in [2.45, 2.75) is 22.9 Å². The summed E-state index contributed by atoms with van der Waals surface area (Å²) in [6, 6.07) is 6.03. The minimum absolute atomic E-state index is 0.171.